The summed E-state index contributed by atoms with van der Waals surface area (Å²) in [4.78, 5) is 17.0. The van der Waals surface area contributed by atoms with E-state index in [9.17, 15) is 4.79 Å². The molecular weight excluding hydrogens is 402 g/mol. The lowest BCUT2D eigenvalue weighted by Gasteiger charge is -2.34. The molecule has 0 aromatic heterocycles. The Morgan fingerprint density at radius 3 is 2.37 bits per heavy atom. The molecule has 4 nitrogen and oxygen atoms in total. The predicted octanol–water partition coefficient (Wildman–Crippen LogP) is 3.32. The maximum absolute atomic E-state index is 12.0. The number of piperazine rings is 1. The molecular formula is C22H28BrN3O. The fourth-order valence-electron chi connectivity index (χ4n) is 3.40. The summed E-state index contributed by atoms with van der Waals surface area (Å²) >= 11 is 3.47. The molecule has 0 aliphatic carbocycles. The van der Waals surface area contributed by atoms with Crippen molar-refractivity contribution in [3.8, 4) is 0 Å². The van der Waals surface area contributed by atoms with Crippen LogP contribution in [0, 0.1) is 0 Å². The average molecular weight is 430 g/mol. The second kappa shape index (κ2) is 10.6. The Kier molecular flexibility index (Phi) is 7.87. The summed E-state index contributed by atoms with van der Waals surface area (Å²) in [6, 6.07) is 18.8. The number of amides is 1. The van der Waals surface area contributed by atoms with E-state index in [-0.39, 0.29) is 5.91 Å². The van der Waals surface area contributed by atoms with Crippen molar-refractivity contribution in [2.45, 2.75) is 19.4 Å². The molecule has 0 bridgehead atoms. The lowest BCUT2D eigenvalue weighted by atomic mass is 10.1. The highest BCUT2D eigenvalue weighted by molar-refractivity contribution is 9.10. The number of nitrogens with one attached hydrogen (secondary N) is 1. The van der Waals surface area contributed by atoms with Gasteiger partial charge in [-0.25, -0.2) is 0 Å². The lowest BCUT2D eigenvalue weighted by Crippen LogP contribution is -2.48. The summed E-state index contributed by atoms with van der Waals surface area (Å²) in [5.41, 5.74) is 2.57. The quantitative estimate of drug-likeness (QED) is 0.698. The van der Waals surface area contributed by atoms with Gasteiger partial charge in [0.25, 0.3) is 0 Å². The van der Waals surface area contributed by atoms with Gasteiger partial charge in [0.2, 0.25) is 5.91 Å². The first-order valence-corrected chi connectivity index (χ1v) is 10.5. The normalized spacial score (nSPS) is 15.6. The number of aryl methyl sites for hydroxylation is 1. The number of rotatable bonds is 8. The first-order chi connectivity index (χ1) is 13.2. The molecule has 5 heteroatoms. The zero-order valence-corrected chi connectivity index (χ0v) is 17.3. The molecule has 144 valence electrons. The van der Waals surface area contributed by atoms with Crippen molar-refractivity contribution in [3.63, 3.8) is 0 Å². The highest BCUT2D eigenvalue weighted by atomic mass is 79.9. The first-order valence-electron chi connectivity index (χ1n) is 9.69. The minimum absolute atomic E-state index is 0.137. The van der Waals surface area contributed by atoms with Gasteiger partial charge in [-0.05, 0) is 29.7 Å². The van der Waals surface area contributed by atoms with Gasteiger partial charge in [0.15, 0.2) is 0 Å². The largest absolute Gasteiger partial charge is 0.355 e. The summed E-state index contributed by atoms with van der Waals surface area (Å²) in [5.74, 6) is 0.137. The van der Waals surface area contributed by atoms with Crippen molar-refractivity contribution in [2.24, 2.45) is 0 Å². The van der Waals surface area contributed by atoms with Gasteiger partial charge in [0.05, 0.1) is 0 Å². The van der Waals surface area contributed by atoms with Crippen LogP contribution in [0.15, 0.2) is 59.1 Å². The van der Waals surface area contributed by atoms with E-state index in [2.05, 4.69) is 73.5 Å². The van der Waals surface area contributed by atoms with E-state index in [1.54, 1.807) is 0 Å². The summed E-state index contributed by atoms with van der Waals surface area (Å²) < 4.78 is 1.06. The molecule has 27 heavy (non-hydrogen) atoms. The maximum atomic E-state index is 12.0. The number of carbonyl (C=O) groups excluding carboxylic acids is 1. The molecule has 3 rings (SSSR count). The van der Waals surface area contributed by atoms with Crippen LogP contribution >= 0.6 is 15.9 Å². The van der Waals surface area contributed by atoms with Gasteiger partial charge in [-0.3, -0.25) is 14.6 Å². The molecule has 1 aliphatic rings. The third-order valence-corrected chi connectivity index (χ3v) is 5.49. The van der Waals surface area contributed by atoms with Crippen LogP contribution in [-0.2, 0) is 17.8 Å². The van der Waals surface area contributed by atoms with Crippen molar-refractivity contribution in [1.82, 2.24) is 15.1 Å². The van der Waals surface area contributed by atoms with Gasteiger partial charge >= 0.3 is 0 Å². The van der Waals surface area contributed by atoms with Crippen LogP contribution in [0.1, 0.15) is 17.5 Å². The molecule has 0 atom stereocenters. The van der Waals surface area contributed by atoms with Crippen molar-refractivity contribution in [1.29, 1.82) is 0 Å². The number of halogens is 1. The fraction of sp³-hybridized carbons (Fsp3) is 0.409. The van der Waals surface area contributed by atoms with Crippen LogP contribution in [0.2, 0.25) is 0 Å². The number of carbonyl (C=O) groups is 1. The molecule has 1 amide bonds. The monoisotopic (exact) mass is 429 g/mol. The molecule has 1 saturated heterocycles. The van der Waals surface area contributed by atoms with Gasteiger partial charge in [-0.15, -0.1) is 0 Å². The average Bonchev–Trinajstić information content (AvgIpc) is 2.69. The zero-order chi connectivity index (χ0) is 18.9. The summed E-state index contributed by atoms with van der Waals surface area (Å²) in [6.45, 7) is 7.01. The van der Waals surface area contributed by atoms with Crippen molar-refractivity contribution in [2.75, 3.05) is 39.3 Å². The highest BCUT2D eigenvalue weighted by Gasteiger charge is 2.16. The molecule has 0 saturated carbocycles. The second-order valence-electron chi connectivity index (χ2n) is 7.08. The molecule has 2 aromatic carbocycles. The Labute approximate surface area is 170 Å². The van der Waals surface area contributed by atoms with E-state index in [0.29, 0.717) is 6.42 Å². The van der Waals surface area contributed by atoms with Crippen LogP contribution in [-0.4, -0.2) is 55.0 Å². The first kappa shape index (κ1) is 20.1. The Morgan fingerprint density at radius 1 is 0.926 bits per heavy atom. The van der Waals surface area contributed by atoms with E-state index >= 15 is 0 Å². The maximum Gasteiger partial charge on any atom is 0.220 e. The van der Waals surface area contributed by atoms with E-state index < -0.39 is 0 Å². The van der Waals surface area contributed by atoms with Crippen LogP contribution in [0.25, 0.3) is 0 Å². The lowest BCUT2D eigenvalue weighted by molar-refractivity contribution is -0.121. The van der Waals surface area contributed by atoms with Crippen LogP contribution in [0.5, 0.6) is 0 Å². The molecule has 1 heterocycles. The highest BCUT2D eigenvalue weighted by Crippen LogP contribution is 2.13. The minimum atomic E-state index is 0.137. The molecule has 1 fully saturated rings. The summed E-state index contributed by atoms with van der Waals surface area (Å²) in [5, 5.41) is 3.06. The zero-order valence-electron chi connectivity index (χ0n) is 15.7. The van der Waals surface area contributed by atoms with Gasteiger partial charge < -0.3 is 5.32 Å². The SMILES string of the molecule is O=C(CCc1cccc(Br)c1)NCCN1CCN(Cc2ccccc2)CC1. The summed E-state index contributed by atoms with van der Waals surface area (Å²) in [7, 11) is 0. The van der Waals surface area contributed by atoms with Crippen molar-refractivity contribution < 1.29 is 4.79 Å². The van der Waals surface area contributed by atoms with E-state index in [4.69, 9.17) is 0 Å². The van der Waals surface area contributed by atoms with E-state index in [0.717, 1.165) is 56.7 Å². The van der Waals surface area contributed by atoms with E-state index in [1.165, 1.54) is 11.1 Å². The predicted molar refractivity (Wildman–Crippen MR) is 114 cm³/mol. The van der Waals surface area contributed by atoms with Gasteiger partial charge in [-0.1, -0.05) is 58.4 Å². The van der Waals surface area contributed by atoms with Crippen molar-refractivity contribution >= 4 is 21.8 Å². The number of nitrogens with zero attached hydrogens (tertiary/aromatic N) is 2. The Balaban J connectivity index is 1.28. The summed E-state index contributed by atoms with van der Waals surface area (Å²) in [6.07, 6.45) is 1.32. The minimum Gasteiger partial charge on any atom is -0.355 e. The molecule has 0 radical (unpaired) electrons. The topological polar surface area (TPSA) is 35.6 Å². The van der Waals surface area contributed by atoms with Gasteiger partial charge in [0, 0.05) is 56.7 Å². The standard InChI is InChI=1S/C22H28BrN3O/c23-21-8-4-7-19(17-21)9-10-22(27)24-11-12-25-13-15-26(16-14-25)18-20-5-2-1-3-6-20/h1-8,17H,9-16,18H2,(H,24,27). The van der Waals surface area contributed by atoms with Crippen LogP contribution in [0.3, 0.4) is 0 Å². The second-order valence-corrected chi connectivity index (χ2v) is 8.00. The number of hydrogen-bond donors (Lipinski definition) is 1. The molecule has 0 unspecified atom stereocenters. The number of hydrogen-bond acceptors (Lipinski definition) is 3. The van der Waals surface area contributed by atoms with E-state index in [1.807, 2.05) is 12.1 Å². The molecule has 1 aliphatic heterocycles. The smallest absolute Gasteiger partial charge is 0.220 e. The Morgan fingerprint density at radius 2 is 1.63 bits per heavy atom. The van der Waals surface area contributed by atoms with Gasteiger partial charge in [-0.2, -0.15) is 0 Å². The van der Waals surface area contributed by atoms with Crippen LogP contribution in [0.4, 0.5) is 0 Å². The Bertz CT molecular complexity index is 715. The van der Waals surface area contributed by atoms with Crippen LogP contribution < -0.4 is 5.32 Å². The third kappa shape index (κ3) is 7.09. The van der Waals surface area contributed by atoms with Gasteiger partial charge in [0.1, 0.15) is 0 Å². The third-order valence-electron chi connectivity index (χ3n) is 4.99. The van der Waals surface area contributed by atoms with Crippen molar-refractivity contribution in [3.05, 3.63) is 70.2 Å². The molecule has 1 N–H and O–H groups in total. The molecule has 2 aromatic rings. The Hall–Kier alpha value is -1.69. The molecule has 0 spiro atoms. The number of benzene rings is 2. The fourth-order valence-corrected chi connectivity index (χ4v) is 3.85.